The summed E-state index contributed by atoms with van der Waals surface area (Å²) in [5, 5.41) is 0. The molecule has 0 aromatic carbocycles. The van der Waals surface area contributed by atoms with Gasteiger partial charge in [-0.15, -0.1) is 0 Å². The van der Waals surface area contributed by atoms with E-state index in [4.69, 9.17) is 17.5 Å². The second-order valence-electron chi connectivity index (χ2n) is 0.408. The predicted molar refractivity (Wildman–Crippen MR) is 20.5 cm³/mol. The summed E-state index contributed by atoms with van der Waals surface area (Å²) in [4.78, 5) is 0. The molecule has 0 aromatic rings. The van der Waals surface area contributed by atoms with E-state index >= 15 is 0 Å². The van der Waals surface area contributed by atoms with E-state index in [-0.39, 0.29) is 33.4 Å². The molecule has 6 N–H and O–H groups in total. The van der Waals surface area contributed by atoms with Crippen LogP contribution in [0.5, 0.6) is 0 Å². The Balaban J connectivity index is -0.0000000267. The van der Waals surface area contributed by atoms with Crippen LogP contribution < -0.4 is 12.3 Å². The van der Waals surface area contributed by atoms with Gasteiger partial charge in [0.05, 0.1) is 0 Å². The maximum Gasteiger partial charge on any atom is 2.00 e. The molecular weight excluding hydrogens is 319 g/mol. The summed E-state index contributed by atoms with van der Waals surface area (Å²) in [6.45, 7) is 0. The molecule has 0 radical (unpaired) electrons. The normalized spacial score (nSPS) is 7.25. The van der Waals surface area contributed by atoms with Crippen LogP contribution in [0.1, 0.15) is 0 Å². The van der Waals surface area contributed by atoms with E-state index in [1.54, 1.807) is 0 Å². The molecule has 0 spiro atoms. The summed E-state index contributed by atoms with van der Waals surface area (Å²) in [6, 6.07) is 0. The zero-order valence-corrected chi connectivity index (χ0v) is 6.86. The van der Waals surface area contributed by atoms with Crippen LogP contribution in [0.15, 0.2) is 0 Å². The van der Waals surface area contributed by atoms with Gasteiger partial charge in [-0.05, 0) is 0 Å². The van der Waals surface area contributed by atoms with Crippen molar-refractivity contribution in [2.75, 3.05) is 0 Å². The molecule has 0 aliphatic carbocycles. The Labute approximate surface area is 61.7 Å². The van der Waals surface area contributed by atoms with Gasteiger partial charge < -0.3 is 21.4 Å². The van der Waals surface area contributed by atoms with Crippen molar-refractivity contribution in [2.45, 2.75) is 0 Å². The van der Waals surface area contributed by atoms with E-state index in [0.29, 0.717) is 0 Å². The fourth-order valence-electron chi connectivity index (χ4n) is 0. The first-order chi connectivity index (χ1) is 2.00. The Bertz CT molecular complexity index is 97.2. The third-order valence-corrected chi connectivity index (χ3v) is 0. The molecule has 56 valence electrons. The first-order valence-corrected chi connectivity index (χ1v) is 2.00. The largest absolute Gasteiger partial charge is 2.00 e. The van der Waals surface area contributed by atoms with Gasteiger partial charge in [0.2, 0.25) is 0 Å². The molecule has 0 saturated heterocycles. The zero-order valence-electron chi connectivity index (χ0n) is 3.77. The van der Waals surface area contributed by atoms with E-state index in [2.05, 4.69) is 0 Å². The Kier molecular flexibility index (Phi) is 22.1. The molecular formula is H6N2O4PtS. The molecule has 0 heterocycles. The minimum absolute atomic E-state index is 0. The van der Waals surface area contributed by atoms with Gasteiger partial charge in [0.1, 0.15) is 0 Å². The second-order valence-corrected chi connectivity index (χ2v) is 1.22. The molecule has 0 unspecified atom stereocenters. The summed E-state index contributed by atoms with van der Waals surface area (Å²) >= 11 is 0. The first-order valence-electron chi connectivity index (χ1n) is 0.667. The fourth-order valence-corrected chi connectivity index (χ4v) is 0. The monoisotopic (exact) mass is 325 g/mol. The molecule has 0 amide bonds. The van der Waals surface area contributed by atoms with Gasteiger partial charge >= 0.3 is 21.1 Å². The van der Waals surface area contributed by atoms with Gasteiger partial charge in [-0.2, -0.15) is 0 Å². The maximum absolute atomic E-state index is 8.52. The fraction of sp³-hybridized carbons (Fsp3) is 0. The van der Waals surface area contributed by atoms with Gasteiger partial charge in [-0.25, -0.2) is 0 Å². The molecule has 0 bridgehead atoms. The zero-order chi connectivity index (χ0) is 4.50. The van der Waals surface area contributed by atoms with Crippen molar-refractivity contribution in [3.05, 3.63) is 0 Å². The Morgan fingerprint density at radius 3 is 1.00 bits per heavy atom. The Morgan fingerprint density at radius 2 is 1.00 bits per heavy atom. The number of rotatable bonds is 0. The number of hydrogen-bond donors (Lipinski definition) is 2. The SMILES string of the molecule is N.N.O=S(=O)([O-])[O-].[Pt+2]. The molecule has 0 rings (SSSR count). The summed E-state index contributed by atoms with van der Waals surface area (Å²) in [7, 11) is -5.17. The molecule has 0 aliphatic heterocycles. The molecule has 0 saturated carbocycles. The third kappa shape index (κ3) is 850. The van der Waals surface area contributed by atoms with Gasteiger partial charge in [0.15, 0.2) is 0 Å². The van der Waals surface area contributed by atoms with Crippen molar-refractivity contribution in [1.29, 1.82) is 0 Å². The number of hydrogen-bond acceptors (Lipinski definition) is 6. The van der Waals surface area contributed by atoms with Crippen LogP contribution >= 0.6 is 0 Å². The molecule has 8 heteroatoms. The van der Waals surface area contributed by atoms with E-state index in [1.165, 1.54) is 0 Å². The van der Waals surface area contributed by atoms with Crippen LogP contribution in [0.3, 0.4) is 0 Å². The van der Waals surface area contributed by atoms with Crippen molar-refractivity contribution in [1.82, 2.24) is 12.3 Å². The van der Waals surface area contributed by atoms with Crippen molar-refractivity contribution >= 4 is 10.4 Å². The van der Waals surface area contributed by atoms with Crippen LogP contribution in [0.25, 0.3) is 0 Å². The van der Waals surface area contributed by atoms with Gasteiger partial charge in [-0.1, -0.05) is 0 Å². The minimum atomic E-state index is -5.17. The van der Waals surface area contributed by atoms with E-state index in [0.717, 1.165) is 0 Å². The van der Waals surface area contributed by atoms with Crippen LogP contribution in [-0.4, -0.2) is 17.5 Å². The summed E-state index contributed by atoms with van der Waals surface area (Å²) < 4.78 is 34.1. The average molecular weight is 325 g/mol. The van der Waals surface area contributed by atoms with Crippen molar-refractivity contribution in [2.24, 2.45) is 0 Å². The summed E-state index contributed by atoms with van der Waals surface area (Å²) in [6.07, 6.45) is 0. The van der Waals surface area contributed by atoms with E-state index in [1.807, 2.05) is 0 Å². The molecule has 6 nitrogen and oxygen atoms in total. The smallest absolute Gasteiger partial charge is 0.759 e. The molecule has 0 fully saturated rings. The minimum Gasteiger partial charge on any atom is -0.759 e. The average Bonchev–Trinajstić information content (AvgIpc) is 0.722. The van der Waals surface area contributed by atoms with E-state index < -0.39 is 10.4 Å². The third-order valence-electron chi connectivity index (χ3n) is 0. The molecule has 0 aromatic heterocycles. The standard InChI is InChI=1S/2H3N.H2O4S.Pt/c;;1-5(2,3)4;/h2*1H3;(H2,1,2,3,4);/q;;;+2/p-2. The van der Waals surface area contributed by atoms with Crippen LogP contribution in [0.4, 0.5) is 0 Å². The second kappa shape index (κ2) is 7.48. The van der Waals surface area contributed by atoms with Gasteiger partial charge in [0, 0.05) is 10.4 Å². The van der Waals surface area contributed by atoms with Gasteiger partial charge in [0.25, 0.3) is 0 Å². The molecule has 8 heavy (non-hydrogen) atoms. The maximum atomic E-state index is 8.52. The Hall–Kier alpha value is 0.478. The van der Waals surface area contributed by atoms with Gasteiger partial charge in [-0.3, -0.25) is 8.42 Å². The Morgan fingerprint density at radius 1 is 1.00 bits per heavy atom. The van der Waals surface area contributed by atoms with Crippen molar-refractivity contribution < 1.29 is 38.6 Å². The summed E-state index contributed by atoms with van der Waals surface area (Å²) in [5.41, 5.74) is 0. The van der Waals surface area contributed by atoms with Crippen LogP contribution in [-0.2, 0) is 31.5 Å². The van der Waals surface area contributed by atoms with Crippen LogP contribution in [0, 0.1) is 0 Å². The first kappa shape index (κ1) is 23.6. The van der Waals surface area contributed by atoms with Crippen LogP contribution in [0.2, 0.25) is 0 Å². The summed E-state index contributed by atoms with van der Waals surface area (Å²) in [5.74, 6) is 0. The quantitative estimate of drug-likeness (QED) is 0.430. The van der Waals surface area contributed by atoms with Crippen molar-refractivity contribution in [3.63, 3.8) is 0 Å². The molecule has 0 atom stereocenters. The topological polar surface area (TPSA) is 150 Å². The van der Waals surface area contributed by atoms with Crippen molar-refractivity contribution in [3.8, 4) is 0 Å². The predicted octanol–water partition coefficient (Wildman–Crippen LogP) is -1.02. The van der Waals surface area contributed by atoms with E-state index in [9.17, 15) is 0 Å². The molecule has 0 aliphatic rings.